The Hall–Kier alpha value is -2.05. The molecule has 116 valence electrons. The molecule has 0 saturated heterocycles. The van der Waals surface area contributed by atoms with Crippen molar-refractivity contribution in [2.24, 2.45) is 0 Å². The first kappa shape index (κ1) is 15.3. The molecule has 1 aromatic rings. The molecule has 1 aromatic heterocycles. The van der Waals surface area contributed by atoms with Crippen LogP contribution in [0.5, 0.6) is 0 Å². The summed E-state index contributed by atoms with van der Waals surface area (Å²) in [5.74, 6) is -0.941. The van der Waals surface area contributed by atoms with Crippen molar-refractivity contribution in [2.75, 3.05) is 6.54 Å². The lowest BCUT2D eigenvalue weighted by Crippen LogP contribution is -2.55. The quantitative estimate of drug-likeness (QED) is 0.594. The highest BCUT2D eigenvalue weighted by atomic mass is 16.4. The Kier molecular flexibility index (Phi) is 4.82. The molecule has 2 rings (SSSR count). The lowest BCUT2D eigenvalue weighted by Gasteiger charge is -2.25. The average molecular weight is 294 g/mol. The highest BCUT2D eigenvalue weighted by Crippen LogP contribution is 2.29. The van der Waals surface area contributed by atoms with Crippen LogP contribution in [0.2, 0.25) is 0 Å². The minimum Gasteiger partial charge on any atom is -0.480 e. The summed E-state index contributed by atoms with van der Waals surface area (Å²) in [5.41, 5.74) is 1.09. The van der Waals surface area contributed by atoms with Gasteiger partial charge in [0.2, 0.25) is 0 Å². The summed E-state index contributed by atoms with van der Waals surface area (Å²) in [6.45, 7) is 2.46. The predicted octanol–water partition coefficient (Wildman–Crippen LogP) is 1.35. The molecule has 0 aromatic carbocycles. The van der Waals surface area contributed by atoms with Gasteiger partial charge in [0.25, 0.3) is 0 Å². The van der Waals surface area contributed by atoms with Crippen molar-refractivity contribution in [3.8, 4) is 0 Å². The first-order valence-electron chi connectivity index (χ1n) is 7.32. The van der Waals surface area contributed by atoms with Gasteiger partial charge in [-0.2, -0.15) is 5.10 Å². The van der Waals surface area contributed by atoms with Crippen LogP contribution in [0.15, 0.2) is 6.20 Å². The zero-order chi connectivity index (χ0) is 15.3. The summed E-state index contributed by atoms with van der Waals surface area (Å²) in [4.78, 5) is 23.2. The van der Waals surface area contributed by atoms with Gasteiger partial charge in [-0.15, -0.1) is 0 Å². The summed E-state index contributed by atoms with van der Waals surface area (Å²) < 4.78 is 0. The van der Waals surface area contributed by atoms with E-state index in [4.69, 9.17) is 0 Å². The van der Waals surface area contributed by atoms with Gasteiger partial charge >= 0.3 is 12.0 Å². The van der Waals surface area contributed by atoms with E-state index in [1.165, 1.54) is 0 Å². The molecule has 7 nitrogen and oxygen atoms in total. The summed E-state index contributed by atoms with van der Waals surface area (Å²) >= 11 is 0. The van der Waals surface area contributed by atoms with Gasteiger partial charge in [-0.05, 0) is 38.2 Å². The maximum atomic E-state index is 11.8. The molecule has 21 heavy (non-hydrogen) atoms. The van der Waals surface area contributed by atoms with E-state index in [0.717, 1.165) is 36.9 Å². The normalized spacial score (nSPS) is 16.6. The number of aryl methyl sites for hydroxylation is 2. The third-order valence-corrected chi connectivity index (χ3v) is 4.06. The van der Waals surface area contributed by atoms with Crippen molar-refractivity contribution < 1.29 is 14.7 Å². The van der Waals surface area contributed by atoms with Crippen LogP contribution >= 0.6 is 0 Å². The summed E-state index contributed by atoms with van der Waals surface area (Å²) in [5, 5.41) is 21.5. The number of rotatable bonds is 6. The molecule has 4 N–H and O–H groups in total. The monoisotopic (exact) mass is 294 g/mol. The SMILES string of the molecule is Cc1[nH]ncc1CCCNC(=O)NC1(C(=O)O)CCCC1. The van der Waals surface area contributed by atoms with E-state index < -0.39 is 17.5 Å². The molecule has 0 bridgehead atoms. The standard InChI is InChI=1S/C14H22N4O3/c1-10-11(9-16-18-10)5-4-8-15-13(21)17-14(12(19)20)6-2-3-7-14/h9H,2-8H2,1H3,(H,16,18)(H,19,20)(H2,15,17,21). The number of hydrogen-bond acceptors (Lipinski definition) is 3. The number of amides is 2. The number of carbonyl (C=O) groups excluding carboxylic acids is 1. The molecule has 0 aliphatic heterocycles. The molecule has 1 heterocycles. The number of aromatic amines is 1. The second-order valence-corrected chi connectivity index (χ2v) is 5.60. The van der Waals surface area contributed by atoms with Gasteiger partial charge in [-0.1, -0.05) is 12.8 Å². The Bertz CT molecular complexity index is 506. The molecule has 0 radical (unpaired) electrons. The Morgan fingerprint density at radius 1 is 1.43 bits per heavy atom. The Labute approximate surface area is 123 Å². The number of hydrogen-bond donors (Lipinski definition) is 4. The number of H-pyrrole nitrogens is 1. The van der Waals surface area contributed by atoms with Gasteiger partial charge in [0.1, 0.15) is 5.54 Å². The molecular formula is C14H22N4O3. The molecule has 2 amide bonds. The minimum absolute atomic E-state index is 0.400. The van der Waals surface area contributed by atoms with Crippen molar-refractivity contribution in [2.45, 2.75) is 51.0 Å². The van der Waals surface area contributed by atoms with Crippen LogP contribution in [0.4, 0.5) is 4.79 Å². The van der Waals surface area contributed by atoms with E-state index in [9.17, 15) is 14.7 Å². The Morgan fingerprint density at radius 3 is 2.71 bits per heavy atom. The lowest BCUT2D eigenvalue weighted by molar-refractivity contribution is -0.144. The van der Waals surface area contributed by atoms with E-state index in [2.05, 4.69) is 20.8 Å². The van der Waals surface area contributed by atoms with Gasteiger partial charge in [-0.3, -0.25) is 5.10 Å². The Balaban J connectivity index is 1.72. The first-order chi connectivity index (χ1) is 10.0. The number of aliphatic carboxylic acids is 1. The second-order valence-electron chi connectivity index (χ2n) is 5.60. The number of nitrogens with one attached hydrogen (secondary N) is 3. The van der Waals surface area contributed by atoms with E-state index in [1.54, 1.807) is 6.20 Å². The highest BCUT2D eigenvalue weighted by molar-refractivity contribution is 5.86. The predicted molar refractivity (Wildman–Crippen MR) is 77.0 cm³/mol. The van der Waals surface area contributed by atoms with Gasteiger partial charge in [0, 0.05) is 12.2 Å². The van der Waals surface area contributed by atoms with Gasteiger partial charge in [0.15, 0.2) is 0 Å². The van der Waals surface area contributed by atoms with Crippen molar-refractivity contribution in [1.82, 2.24) is 20.8 Å². The van der Waals surface area contributed by atoms with Crippen LogP contribution in [0.25, 0.3) is 0 Å². The van der Waals surface area contributed by atoms with Crippen LogP contribution in [-0.2, 0) is 11.2 Å². The first-order valence-corrected chi connectivity index (χ1v) is 7.32. The number of carboxylic acids is 1. The van der Waals surface area contributed by atoms with E-state index in [-0.39, 0.29) is 0 Å². The zero-order valence-electron chi connectivity index (χ0n) is 12.2. The van der Waals surface area contributed by atoms with Gasteiger partial charge < -0.3 is 15.7 Å². The number of nitrogens with zero attached hydrogens (tertiary/aromatic N) is 1. The topological polar surface area (TPSA) is 107 Å². The van der Waals surface area contributed by atoms with Crippen molar-refractivity contribution in [3.05, 3.63) is 17.5 Å². The summed E-state index contributed by atoms with van der Waals surface area (Å²) in [6.07, 6.45) is 6.08. The van der Waals surface area contributed by atoms with E-state index in [1.807, 2.05) is 6.92 Å². The second kappa shape index (κ2) is 6.60. The average Bonchev–Trinajstić information content (AvgIpc) is 3.05. The van der Waals surface area contributed by atoms with Crippen LogP contribution in [0, 0.1) is 6.92 Å². The minimum atomic E-state index is -1.08. The summed E-state index contributed by atoms with van der Waals surface area (Å²) in [6, 6.07) is -0.400. The van der Waals surface area contributed by atoms with Crippen molar-refractivity contribution >= 4 is 12.0 Å². The molecular weight excluding hydrogens is 272 g/mol. The third kappa shape index (κ3) is 3.74. The van der Waals surface area contributed by atoms with Gasteiger partial charge in [0.05, 0.1) is 6.20 Å². The number of aromatic nitrogens is 2. The highest BCUT2D eigenvalue weighted by Gasteiger charge is 2.42. The fourth-order valence-electron chi connectivity index (χ4n) is 2.74. The number of carbonyl (C=O) groups is 2. The Morgan fingerprint density at radius 2 is 2.14 bits per heavy atom. The van der Waals surface area contributed by atoms with E-state index in [0.29, 0.717) is 19.4 Å². The van der Waals surface area contributed by atoms with Gasteiger partial charge in [-0.25, -0.2) is 9.59 Å². The number of urea groups is 1. The molecule has 1 aliphatic rings. The largest absolute Gasteiger partial charge is 0.480 e. The summed E-state index contributed by atoms with van der Waals surface area (Å²) in [7, 11) is 0. The molecule has 1 aliphatic carbocycles. The molecule has 0 spiro atoms. The molecule has 1 fully saturated rings. The fourth-order valence-corrected chi connectivity index (χ4v) is 2.74. The van der Waals surface area contributed by atoms with Crippen LogP contribution in [0.3, 0.4) is 0 Å². The lowest BCUT2D eigenvalue weighted by atomic mass is 9.98. The van der Waals surface area contributed by atoms with E-state index >= 15 is 0 Å². The van der Waals surface area contributed by atoms with Crippen LogP contribution in [-0.4, -0.2) is 39.4 Å². The van der Waals surface area contributed by atoms with Crippen molar-refractivity contribution in [3.63, 3.8) is 0 Å². The van der Waals surface area contributed by atoms with Crippen LogP contribution in [0.1, 0.15) is 43.4 Å². The smallest absolute Gasteiger partial charge is 0.329 e. The molecule has 0 atom stereocenters. The van der Waals surface area contributed by atoms with Crippen LogP contribution < -0.4 is 10.6 Å². The van der Waals surface area contributed by atoms with Crippen molar-refractivity contribution in [1.29, 1.82) is 0 Å². The molecule has 1 saturated carbocycles. The zero-order valence-corrected chi connectivity index (χ0v) is 12.2. The fraction of sp³-hybridized carbons (Fsp3) is 0.643. The maximum Gasteiger partial charge on any atom is 0.329 e. The molecule has 7 heteroatoms. The molecule has 0 unspecified atom stereocenters. The third-order valence-electron chi connectivity index (χ3n) is 4.06. The number of carboxylic acid groups (broad SMARTS) is 1. The maximum absolute atomic E-state index is 11.8.